The lowest BCUT2D eigenvalue weighted by molar-refractivity contribution is -0.147. The number of amides is 2. The molecule has 0 aromatic carbocycles. The molecule has 1 aliphatic heterocycles. The Hall–Kier alpha value is -2.31. The number of urea groups is 1. The Kier molecular flexibility index (Phi) is 5.11. The second kappa shape index (κ2) is 7.29. The molecule has 7 heteroatoms. The third kappa shape index (κ3) is 4.03. The van der Waals surface area contributed by atoms with Crippen LogP contribution >= 0.6 is 0 Å². The van der Waals surface area contributed by atoms with Gasteiger partial charge in [0.2, 0.25) is 5.88 Å². The van der Waals surface area contributed by atoms with Crippen LogP contribution in [0.15, 0.2) is 18.3 Å². The van der Waals surface area contributed by atoms with Gasteiger partial charge in [0, 0.05) is 31.4 Å². The minimum Gasteiger partial charge on any atom is -0.481 e. The molecule has 2 heterocycles. The molecule has 1 aromatic rings. The summed E-state index contributed by atoms with van der Waals surface area (Å²) in [5.74, 6) is -0.284. The summed E-state index contributed by atoms with van der Waals surface area (Å²) in [6.07, 6.45) is 6.82. The zero-order valence-electron chi connectivity index (χ0n) is 14.5. The Morgan fingerprint density at radius 2 is 2.20 bits per heavy atom. The first-order valence-corrected chi connectivity index (χ1v) is 8.85. The van der Waals surface area contributed by atoms with Crippen LogP contribution in [0, 0.1) is 5.41 Å². The number of hydrogen-bond donors (Lipinski definition) is 2. The zero-order valence-corrected chi connectivity index (χ0v) is 14.5. The number of carbonyl (C=O) groups excluding carboxylic acids is 1. The van der Waals surface area contributed by atoms with E-state index in [0.717, 1.165) is 18.4 Å². The van der Waals surface area contributed by atoms with Crippen LogP contribution in [0.25, 0.3) is 0 Å². The number of rotatable bonds is 5. The van der Waals surface area contributed by atoms with E-state index in [4.69, 9.17) is 4.74 Å². The fraction of sp³-hybridized carbons (Fsp3) is 0.611. The minimum atomic E-state index is -0.859. The van der Waals surface area contributed by atoms with Crippen molar-refractivity contribution in [2.24, 2.45) is 5.41 Å². The highest BCUT2D eigenvalue weighted by Crippen LogP contribution is 2.30. The number of pyridine rings is 1. The maximum Gasteiger partial charge on any atom is 0.317 e. The molecule has 2 fully saturated rings. The van der Waals surface area contributed by atoms with Crippen molar-refractivity contribution >= 4 is 12.0 Å². The Bertz CT molecular complexity index is 645. The van der Waals surface area contributed by atoms with E-state index in [2.05, 4.69) is 10.3 Å². The summed E-state index contributed by atoms with van der Waals surface area (Å²) < 4.78 is 5.98. The van der Waals surface area contributed by atoms with Crippen molar-refractivity contribution in [2.45, 2.75) is 51.7 Å². The predicted molar refractivity (Wildman–Crippen MR) is 91.3 cm³/mol. The number of carbonyl (C=O) groups is 2. The molecule has 0 bridgehead atoms. The van der Waals surface area contributed by atoms with Crippen molar-refractivity contribution < 1.29 is 19.4 Å². The lowest BCUT2D eigenvalue weighted by atomic mass is 9.90. The molecule has 1 saturated heterocycles. The number of likely N-dealkylation sites (tertiary alicyclic amines) is 1. The average Bonchev–Trinajstić information content (AvgIpc) is 3.24. The third-order valence-electron chi connectivity index (χ3n) is 5.14. The Balaban J connectivity index is 1.56. The van der Waals surface area contributed by atoms with Gasteiger partial charge in [-0.2, -0.15) is 0 Å². The van der Waals surface area contributed by atoms with Crippen LogP contribution in [0.4, 0.5) is 4.79 Å². The Labute approximate surface area is 147 Å². The number of nitrogens with zero attached hydrogens (tertiary/aromatic N) is 2. The molecule has 2 amide bonds. The molecule has 0 spiro atoms. The summed E-state index contributed by atoms with van der Waals surface area (Å²) in [5.41, 5.74) is -0.0227. The number of nitrogens with one attached hydrogen (secondary N) is 1. The zero-order chi connectivity index (χ0) is 17.9. The number of aromatic nitrogens is 1. The standard InChI is InChI=1S/C18H25N3O4/c1-18(16(22)23)8-10-21(12-18)17(24)20-11-13-5-4-9-19-15(13)25-14-6-2-3-7-14/h4-5,9,14H,2-3,6-8,10-12H2,1H3,(H,20,24)(H,22,23). The molecular weight excluding hydrogens is 322 g/mol. The molecule has 1 atom stereocenters. The maximum absolute atomic E-state index is 12.3. The fourth-order valence-electron chi connectivity index (χ4n) is 3.42. The molecule has 1 unspecified atom stereocenters. The summed E-state index contributed by atoms with van der Waals surface area (Å²) in [6, 6.07) is 3.46. The smallest absolute Gasteiger partial charge is 0.317 e. The van der Waals surface area contributed by atoms with Gasteiger partial charge in [0.1, 0.15) is 6.10 Å². The van der Waals surface area contributed by atoms with Crippen molar-refractivity contribution in [1.29, 1.82) is 0 Å². The maximum atomic E-state index is 12.3. The van der Waals surface area contributed by atoms with Crippen molar-refractivity contribution in [1.82, 2.24) is 15.2 Å². The van der Waals surface area contributed by atoms with Crippen LogP contribution in [0.5, 0.6) is 5.88 Å². The van der Waals surface area contributed by atoms with Crippen LogP contribution in [-0.4, -0.2) is 46.2 Å². The van der Waals surface area contributed by atoms with E-state index < -0.39 is 11.4 Å². The molecule has 1 aliphatic carbocycles. The van der Waals surface area contributed by atoms with Crippen molar-refractivity contribution in [2.75, 3.05) is 13.1 Å². The van der Waals surface area contributed by atoms with Gasteiger partial charge in [-0.25, -0.2) is 9.78 Å². The van der Waals surface area contributed by atoms with Gasteiger partial charge in [0.05, 0.1) is 5.41 Å². The van der Waals surface area contributed by atoms with E-state index in [1.165, 1.54) is 12.8 Å². The highest BCUT2D eigenvalue weighted by Gasteiger charge is 2.42. The second-order valence-corrected chi connectivity index (χ2v) is 7.19. The number of ether oxygens (including phenoxy) is 1. The predicted octanol–water partition coefficient (Wildman–Crippen LogP) is 2.41. The average molecular weight is 347 g/mol. The van der Waals surface area contributed by atoms with Crippen molar-refractivity contribution in [3.8, 4) is 5.88 Å². The molecule has 1 saturated carbocycles. The number of aliphatic carboxylic acids is 1. The van der Waals surface area contributed by atoms with E-state index in [9.17, 15) is 14.7 Å². The van der Waals surface area contributed by atoms with Gasteiger partial charge in [-0.15, -0.1) is 0 Å². The molecule has 25 heavy (non-hydrogen) atoms. The SMILES string of the molecule is CC1(C(=O)O)CCN(C(=O)NCc2cccnc2OC2CCCC2)C1. The normalized spacial score (nSPS) is 23.6. The molecule has 3 rings (SSSR count). The molecule has 2 N–H and O–H groups in total. The minimum absolute atomic E-state index is 0.208. The van der Waals surface area contributed by atoms with Gasteiger partial charge in [-0.3, -0.25) is 4.79 Å². The monoisotopic (exact) mass is 347 g/mol. The summed E-state index contributed by atoms with van der Waals surface area (Å²) in [4.78, 5) is 29.5. The second-order valence-electron chi connectivity index (χ2n) is 7.19. The lowest BCUT2D eigenvalue weighted by Crippen LogP contribution is -2.40. The molecule has 7 nitrogen and oxygen atoms in total. The summed E-state index contributed by atoms with van der Waals surface area (Å²) in [6.45, 7) is 2.67. The van der Waals surface area contributed by atoms with Gasteiger partial charge < -0.3 is 20.1 Å². The Morgan fingerprint density at radius 3 is 2.88 bits per heavy atom. The van der Waals surface area contributed by atoms with Crippen LogP contribution in [0.1, 0.15) is 44.6 Å². The molecule has 0 radical (unpaired) electrons. The number of carboxylic acid groups (broad SMARTS) is 1. The lowest BCUT2D eigenvalue weighted by Gasteiger charge is -2.21. The molecule has 1 aromatic heterocycles. The van der Waals surface area contributed by atoms with Gasteiger partial charge in [0.25, 0.3) is 0 Å². The third-order valence-corrected chi connectivity index (χ3v) is 5.14. The van der Waals surface area contributed by atoms with Gasteiger partial charge >= 0.3 is 12.0 Å². The topological polar surface area (TPSA) is 91.8 Å². The van der Waals surface area contributed by atoms with E-state index in [1.54, 1.807) is 18.0 Å². The number of carboxylic acids is 1. The van der Waals surface area contributed by atoms with Gasteiger partial charge in [-0.05, 0) is 45.1 Å². The van der Waals surface area contributed by atoms with Crippen molar-refractivity contribution in [3.05, 3.63) is 23.9 Å². The van der Waals surface area contributed by atoms with Gasteiger partial charge in [-0.1, -0.05) is 6.07 Å². The van der Waals surface area contributed by atoms with E-state index in [1.807, 2.05) is 12.1 Å². The van der Waals surface area contributed by atoms with Crippen LogP contribution in [-0.2, 0) is 11.3 Å². The van der Waals surface area contributed by atoms with Crippen LogP contribution in [0.2, 0.25) is 0 Å². The largest absolute Gasteiger partial charge is 0.481 e. The quantitative estimate of drug-likeness (QED) is 0.853. The van der Waals surface area contributed by atoms with Gasteiger partial charge in [0.15, 0.2) is 0 Å². The highest BCUT2D eigenvalue weighted by molar-refractivity contribution is 5.79. The first-order valence-electron chi connectivity index (χ1n) is 8.85. The first kappa shape index (κ1) is 17.5. The van der Waals surface area contributed by atoms with Crippen LogP contribution in [0.3, 0.4) is 0 Å². The number of hydrogen-bond acceptors (Lipinski definition) is 4. The Morgan fingerprint density at radius 1 is 1.44 bits per heavy atom. The summed E-state index contributed by atoms with van der Waals surface area (Å²) >= 11 is 0. The fourth-order valence-corrected chi connectivity index (χ4v) is 3.42. The van der Waals surface area contributed by atoms with E-state index in [-0.39, 0.29) is 18.7 Å². The first-order chi connectivity index (χ1) is 12.0. The van der Waals surface area contributed by atoms with Crippen molar-refractivity contribution in [3.63, 3.8) is 0 Å². The molecule has 136 valence electrons. The molecule has 2 aliphatic rings. The summed E-state index contributed by atoms with van der Waals surface area (Å²) in [5, 5.41) is 12.1. The highest BCUT2D eigenvalue weighted by atomic mass is 16.5. The van der Waals surface area contributed by atoms with E-state index in [0.29, 0.717) is 25.4 Å². The van der Waals surface area contributed by atoms with Crippen LogP contribution < -0.4 is 10.1 Å². The summed E-state index contributed by atoms with van der Waals surface area (Å²) in [7, 11) is 0. The van der Waals surface area contributed by atoms with E-state index >= 15 is 0 Å². The molecular formula is C18H25N3O4.